The molecule has 0 saturated carbocycles. The molecule has 0 spiro atoms. The van der Waals surface area contributed by atoms with Crippen LogP contribution in [0.2, 0.25) is 0 Å². The molecule has 0 amide bonds. The summed E-state index contributed by atoms with van der Waals surface area (Å²) in [5.41, 5.74) is 3.97. The van der Waals surface area contributed by atoms with E-state index < -0.39 is 0 Å². The lowest BCUT2D eigenvalue weighted by Crippen LogP contribution is -2.16. The Morgan fingerprint density at radius 3 is 2.14 bits per heavy atom. The monoisotopic (exact) mass is 382 g/mol. The molecule has 0 unspecified atom stereocenters. The third kappa shape index (κ3) is 3.23. The van der Waals surface area contributed by atoms with Gasteiger partial charge in [-0.25, -0.2) is 0 Å². The van der Waals surface area contributed by atoms with Crippen molar-refractivity contribution in [3.8, 4) is 22.6 Å². The van der Waals surface area contributed by atoms with Crippen LogP contribution in [0, 0.1) is 5.41 Å². The molecule has 1 aliphatic rings. The van der Waals surface area contributed by atoms with E-state index in [1.807, 2.05) is 0 Å². The van der Waals surface area contributed by atoms with Gasteiger partial charge in [-0.2, -0.15) is 0 Å². The number of hydrogen-bond donors (Lipinski definition) is 0. The van der Waals surface area contributed by atoms with E-state index in [-0.39, 0.29) is 5.41 Å². The van der Waals surface area contributed by atoms with Crippen molar-refractivity contribution < 1.29 is 9.47 Å². The zero-order valence-corrected chi connectivity index (χ0v) is 17.3. The van der Waals surface area contributed by atoms with Crippen LogP contribution in [-0.2, 0) is 6.42 Å². The fourth-order valence-electron chi connectivity index (χ4n) is 4.43. The lowest BCUT2D eigenvalue weighted by Gasteiger charge is -2.26. The molecule has 4 aromatic rings. The minimum atomic E-state index is 0.180. The fraction of sp³-hybridized carbons (Fsp3) is 0.259. The number of benzene rings is 4. The highest BCUT2D eigenvalue weighted by atomic mass is 16.6. The maximum absolute atomic E-state index is 6.23. The van der Waals surface area contributed by atoms with Gasteiger partial charge in [0.1, 0.15) is 13.2 Å². The van der Waals surface area contributed by atoms with Gasteiger partial charge in [-0.3, -0.25) is 0 Å². The Morgan fingerprint density at radius 2 is 1.38 bits per heavy atom. The van der Waals surface area contributed by atoms with Crippen molar-refractivity contribution in [2.24, 2.45) is 5.41 Å². The molecule has 1 heterocycles. The van der Waals surface area contributed by atoms with Gasteiger partial charge < -0.3 is 9.47 Å². The Labute approximate surface area is 172 Å². The van der Waals surface area contributed by atoms with E-state index in [1.165, 1.54) is 32.7 Å². The van der Waals surface area contributed by atoms with Crippen LogP contribution in [0.5, 0.6) is 11.5 Å². The first-order chi connectivity index (χ1) is 14.0. The third-order valence-electron chi connectivity index (χ3n) is 5.54. The summed E-state index contributed by atoms with van der Waals surface area (Å²) in [6, 6.07) is 23.9. The second kappa shape index (κ2) is 6.81. The van der Waals surface area contributed by atoms with Gasteiger partial charge in [-0.05, 0) is 50.6 Å². The van der Waals surface area contributed by atoms with Gasteiger partial charge in [0.05, 0.1) is 0 Å². The highest BCUT2D eigenvalue weighted by Gasteiger charge is 2.25. The molecule has 2 nitrogen and oxygen atoms in total. The molecule has 2 heteroatoms. The minimum absolute atomic E-state index is 0.180. The van der Waals surface area contributed by atoms with Crippen LogP contribution in [0.1, 0.15) is 26.3 Å². The Kier molecular flexibility index (Phi) is 4.24. The van der Waals surface area contributed by atoms with Gasteiger partial charge in [0.2, 0.25) is 0 Å². The maximum Gasteiger partial charge on any atom is 0.169 e. The first-order valence-corrected chi connectivity index (χ1v) is 10.3. The highest BCUT2D eigenvalue weighted by Crippen LogP contribution is 2.49. The molecule has 5 rings (SSSR count). The van der Waals surface area contributed by atoms with Crippen LogP contribution in [0.15, 0.2) is 66.7 Å². The Morgan fingerprint density at radius 1 is 0.724 bits per heavy atom. The molecule has 1 aliphatic heterocycles. The fourth-order valence-corrected chi connectivity index (χ4v) is 4.43. The summed E-state index contributed by atoms with van der Waals surface area (Å²) >= 11 is 0. The summed E-state index contributed by atoms with van der Waals surface area (Å²) in [4.78, 5) is 0. The third-order valence-corrected chi connectivity index (χ3v) is 5.54. The number of hydrogen-bond acceptors (Lipinski definition) is 2. The van der Waals surface area contributed by atoms with Gasteiger partial charge in [-0.1, -0.05) is 81.4 Å². The topological polar surface area (TPSA) is 18.5 Å². The normalized spacial score (nSPS) is 13.8. The zero-order chi connectivity index (χ0) is 20.0. The largest absolute Gasteiger partial charge is 0.486 e. The molecular weight excluding hydrogens is 356 g/mol. The molecule has 29 heavy (non-hydrogen) atoms. The average Bonchev–Trinajstić information content (AvgIpc) is 2.71. The van der Waals surface area contributed by atoms with E-state index in [0.717, 1.165) is 23.5 Å². The van der Waals surface area contributed by atoms with E-state index in [1.54, 1.807) is 0 Å². The van der Waals surface area contributed by atoms with Gasteiger partial charge in [-0.15, -0.1) is 0 Å². The Balaban J connectivity index is 1.93. The second-order valence-corrected chi connectivity index (χ2v) is 9.06. The van der Waals surface area contributed by atoms with Crippen molar-refractivity contribution in [3.63, 3.8) is 0 Å². The predicted molar refractivity (Wildman–Crippen MR) is 121 cm³/mol. The van der Waals surface area contributed by atoms with Crippen molar-refractivity contribution in [1.29, 1.82) is 0 Å². The van der Waals surface area contributed by atoms with Gasteiger partial charge in [0.15, 0.2) is 11.5 Å². The van der Waals surface area contributed by atoms with Crippen LogP contribution < -0.4 is 9.47 Å². The molecule has 0 N–H and O–H groups in total. The molecule has 0 aromatic heterocycles. The first kappa shape index (κ1) is 18.1. The molecule has 0 radical (unpaired) electrons. The molecular formula is C27H26O2. The van der Waals surface area contributed by atoms with Crippen molar-refractivity contribution >= 4 is 21.5 Å². The summed E-state index contributed by atoms with van der Waals surface area (Å²) in [5.74, 6) is 1.72. The molecule has 0 fully saturated rings. The van der Waals surface area contributed by atoms with Crippen LogP contribution in [-0.4, -0.2) is 13.2 Å². The van der Waals surface area contributed by atoms with Crippen molar-refractivity contribution in [2.45, 2.75) is 27.2 Å². The van der Waals surface area contributed by atoms with Crippen LogP contribution in [0.25, 0.3) is 32.7 Å². The van der Waals surface area contributed by atoms with E-state index in [9.17, 15) is 0 Å². The maximum atomic E-state index is 6.23. The van der Waals surface area contributed by atoms with Crippen LogP contribution >= 0.6 is 0 Å². The first-order valence-electron chi connectivity index (χ1n) is 10.3. The summed E-state index contributed by atoms with van der Waals surface area (Å²) < 4.78 is 12.2. The zero-order valence-electron chi connectivity index (χ0n) is 17.3. The molecule has 146 valence electrons. The lowest BCUT2D eigenvalue weighted by atomic mass is 9.81. The predicted octanol–water partition coefficient (Wildman–Crippen LogP) is 7.02. The van der Waals surface area contributed by atoms with Crippen LogP contribution in [0.4, 0.5) is 0 Å². The highest BCUT2D eigenvalue weighted by molar-refractivity contribution is 6.10. The van der Waals surface area contributed by atoms with Gasteiger partial charge in [0, 0.05) is 5.56 Å². The standard InChI is InChI=1S/C27H26O2/c1-27(2,3)17-20-13-12-18-8-4-6-10-21(18)24(20)25-22-11-7-5-9-19(22)16-23-26(25)29-15-14-28-23/h4-13,16H,14-15,17H2,1-3H3. The number of ether oxygens (including phenoxy) is 2. The summed E-state index contributed by atoms with van der Waals surface area (Å²) in [6.45, 7) is 8.06. The molecule has 0 aliphatic carbocycles. The Bertz CT molecular complexity index is 1210. The second-order valence-electron chi connectivity index (χ2n) is 9.06. The lowest BCUT2D eigenvalue weighted by molar-refractivity contribution is 0.173. The SMILES string of the molecule is CC(C)(C)Cc1ccc2ccccc2c1-c1c2c(cc3ccccc13)OCCO2. The average molecular weight is 383 g/mol. The molecule has 4 aromatic carbocycles. The smallest absolute Gasteiger partial charge is 0.169 e. The Hall–Kier alpha value is -3.00. The van der Waals surface area contributed by atoms with E-state index >= 15 is 0 Å². The number of fused-ring (bicyclic) bond motifs is 3. The van der Waals surface area contributed by atoms with Gasteiger partial charge >= 0.3 is 0 Å². The van der Waals surface area contributed by atoms with E-state index in [4.69, 9.17) is 9.47 Å². The van der Waals surface area contributed by atoms with Crippen molar-refractivity contribution in [2.75, 3.05) is 13.2 Å². The summed E-state index contributed by atoms with van der Waals surface area (Å²) in [5, 5.41) is 4.91. The van der Waals surface area contributed by atoms with E-state index in [0.29, 0.717) is 13.2 Å². The van der Waals surface area contributed by atoms with Crippen molar-refractivity contribution in [3.05, 3.63) is 72.3 Å². The quantitative estimate of drug-likeness (QED) is 0.371. The molecule has 0 saturated heterocycles. The number of rotatable bonds is 2. The minimum Gasteiger partial charge on any atom is -0.486 e. The molecule has 0 atom stereocenters. The summed E-state index contributed by atoms with van der Waals surface area (Å²) in [7, 11) is 0. The van der Waals surface area contributed by atoms with Gasteiger partial charge in [0.25, 0.3) is 0 Å². The van der Waals surface area contributed by atoms with Crippen LogP contribution in [0.3, 0.4) is 0 Å². The summed E-state index contributed by atoms with van der Waals surface area (Å²) in [6.07, 6.45) is 0.992. The molecule has 0 bridgehead atoms. The van der Waals surface area contributed by atoms with E-state index in [2.05, 4.69) is 87.5 Å². The van der Waals surface area contributed by atoms with Crippen molar-refractivity contribution in [1.82, 2.24) is 0 Å².